The number of carbonyl (C=O) groups is 1. The third kappa shape index (κ3) is 5.56. The zero-order valence-electron chi connectivity index (χ0n) is 11.3. The Kier molecular flexibility index (Phi) is 7.65. The number of hydrogen-bond donors (Lipinski definition) is 3. The van der Waals surface area contributed by atoms with Gasteiger partial charge >= 0.3 is 0 Å². The second-order valence-corrected chi connectivity index (χ2v) is 5.77. The van der Waals surface area contributed by atoms with Crippen LogP contribution in [0.15, 0.2) is 0 Å². The first-order chi connectivity index (χ1) is 8.67. The molecule has 0 aromatic rings. The summed E-state index contributed by atoms with van der Waals surface area (Å²) in [6.07, 6.45) is 3.04. The summed E-state index contributed by atoms with van der Waals surface area (Å²) in [6.45, 7) is 6.38. The predicted molar refractivity (Wildman–Crippen MR) is 75.9 cm³/mol. The lowest BCUT2D eigenvalue weighted by Gasteiger charge is -2.24. The molecule has 5 nitrogen and oxygen atoms in total. The van der Waals surface area contributed by atoms with E-state index in [2.05, 4.69) is 15.5 Å². The Balaban J connectivity index is 2.31. The largest absolute Gasteiger partial charge is 0.395 e. The molecule has 18 heavy (non-hydrogen) atoms. The van der Waals surface area contributed by atoms with Gasteiger partial charge in [0, 0.05) is 24.4 Å². The number of carbonyl (C=O) groups excluding carboxylic acids is 1. The molecule has 1 saturated heterocycles. The van der Waals surface area contributed by atoms with Crippen molar-refractivity contribution >= 4 is 17.7 Å². The van der Waals surface area contributed by atoms with Crippen molar-refractivity contribution in [1.29, 1.82) is 0 Å². The number of nitrogens with one attached hydrogen (secondary N) is 2. The van der Waals surface area contributed by atoms with E-state index in [-0.39, 0.29) is 23.8 Å². The standard InChI is InChI=1S/C12H25N3O2S/c1-10(11(9-16)18-2)14-12(17)8-15-6-3-4-13-5-7-15/h10-11,13,16H,3-9H2,1-2H3,(H,14,17). The monoisotopic (exact) mass is 275 g/mol. The summed E-state index contributed by atoms with van der Waals surface area (Å²) in [5.41, 5.74) is 0. The number of aliphatic hydroxyl groups is 1. The fraction of sp³-hybridized carbons (Fsp3) is 0.917. The van der Waals surface area contributed by atoms with Crippen molar-refractivity contribution in [2.75, 3.05) is 45.6 Å². The first kappa shape index (κ1) is 15.8. The summed E-state index contributed by atoms with van der Waals surface area (Å²) in [5.74, 6) is 0.0527. The summed E-state index contributed by atoms with van der Waals surface area (Å²) in [6, 6.07) is 0.00241. The van der Waals surface area contributed by atoms with E-state index < -0.39 is 0 Å². The van der Waals surface area contributed by atoms with Crippen molar-refractivity contribution in [3.05, 3.63) is 0 Å². The lowest BCUT2D eigenvalue weighted by molar-refractivity contribution is -0.122. The minimum atomic E-state index is 0.00241. The van der Waals surface area contributed by atoms with Gasteiger partial charge in [-0.25, -0.2) is 0 Å². The van der Waals surface area contributed by atoms with Crippen LogP contribution in [0.3, 0.4) is 0 Å². The van der Waals surface area contributed by atoms with Crippen molar-refractivity contribution in [2.45, 2.75) is 24.6 Å². The van der Waals surface area contributed by atoms with Gasteiger partial charge < -0.3 is 15.7 Å². The third-order valence-electron chi connectivity index (χ3n) is 3.23. The quantitative estimate of drug-likeness (QED) is 0.610. The van der Waals surface area contributed by atoms with Gasteiger partial charge in [0.25, 0.3) is 0 Å². The van der Waals surface area contributed by atoms with Crippen molar-refractivity contribution in [2.24, 2.45) is 0 Å². The maximum atomic E-state index is 11.9. The van der Waals surface area contributed by atoms with Crippen LogP contribution in [-0.2, 0) is 4.79 Å². The second kappa shape index (κ2) is 8.74. The lowest BCUT2D eigenvalue weighted by atomic mass is 10.2. The van der Waals surface area contributed by atoms with E-state index in [0.29, 0.717) is 6.54 Å². The lowest BCUT2D eigenvalue weighted by Crippen LogP contribution is -2.46. The van der Waals surface area contributed by atoms with E-state index >= 15 is 0 Å². The molecule has 2 unspecified atom stereocenters. The molecule has 1 aliphatic rings. The SMILES string of the molecule is CSC(CO)C(C)NC(=O)CN1CCCNCC1. The molecule has 3 N–H and O–H groups in total. The van der Waals surface area contributed by atoms with Gasteiger partial charge in [0.1, 0.15) is 0 Å². The van der Waals surface area contributed by atoms with Crippen LogP contribution in [0.1, 0.15) is 13.3 Å². The Bertz CT molecular complexity index is 235. The van der Waals surface area contributed by atoms with Crippen molar-refractivity contribution in [3.63, 3.8) is 0 Å². The maximum absolute atomic E-state index is 11.9. The van der Waals surface area contributed by atoms with Gasteiger partial charge in [0.15, 0.2) is 0 Å². The molecule has 1 aliphatic heterocycles. The van der Waals surface area contributed by atoms with Gasteiger partial charge in [-0.2, -0.15) is 11.8 Å². The summed E-state index contributed by atoms with van der Waals surface area (Å²) in [5, 5.41) is 15.5. The Morgan fingerprint density at radius 3 is 2.94 bits per heavy atom. The van der Waals surface area contributed by atoms with Gasteiger partial charge in [0.2, 0.25) is 5.91 Å². The second-order valence-electron chi connectivity index (χ2n) is 4.69. The number of nitrogens with zero attached hydrogens (tertiary/aromatic N) is 1. The fourth-order valence-electron chi connectivity index (χ4n) is 2.09. The molecule has 0 aliphatic carbocycles. The van der Waals surface area contributed by atoms with Crippen molar-refractivity contribution < 1.29 is 9.90 Å². The van der Waals surface area contributed by atoms with E-state index in [4.69, 9.17) is 0 Å². The Hall–Kier alpha value is -0.300. The Morgan fingerprint density at radius 2 is 2.28 bits per heavy atom. The Labute approximate surface area is 114 Å². The van der Waals surface area contributed by atoms with E-state index in [1.807, 2.05) is 13.2 Å². The van der Waals surface area contributed by atoms with Gasteiger partial charge in [-0.05, 0) is 32.7 Å². The van der Waals surface area contributed by atoms with Gasteiger partial charge in [-0.15, -0.1) is 0 Å². The number of thioether (sulfide) groups is 1. The average Bonchev–Trinajstić information content (AvgIpc) is 2.59. The topological polar surface area (TPSA) is 64.6 Å². The molecule has 1 amide bonds. The molecule has 0 aromatic carbocycles. The Morgan fingerprint density at radius 1 is 1.50 bits per heavy atom. The maximum Gasteiger partial charge on any atom is 0.234 e. The van der Waals surface area contributed by atoms with Crippen LogP contribution in [0.5, 0.6) is 0 Å². The first-order valence-corrected chi connectivity index (χ1v) is 7.82. The summed E-state index contributed by atoms with van der Waals surface area (Å²) >= 11 is 1.58. The molecule has 2 atom stereocenters. The molecule has 6 heteroatoms. The molecular formula is C12H25N3O2S. The van der Waals surface area contributed by atoms with Crippen molar-refractivity contribution in [1.82, 2.24) is 15.5 Å². The fourth-order valence-corrected chi connectivity index (χ4v) is 2.72. The molecule has 1 fully saturated rings. The highest BCUT2D eigenvalue weighted by Gasteiger charge is 2.19. The van der Waals surface area contributed by atoms with Crippen LogP contribution in [0.2, 0.25) is 0 Å². The van der Waals surface area contributed by atoms with Crippen LogP contribution < -0.4 is 10.6 Å². The van der Waals surface area contributed by atoms with Crippen LogP contribution in [-0.4, -0.2) is 72.8 Å². The number of aliphatic hydroxyl groups excluding tert-OH is 1. The molecule has 1 rings (SSSR count). The molecule has 0 aromatic heterocycles. The summed E-state index contributed by atoms with van der Waals surface area (Å²) in [7, 11) is 0. The van der Waals surface area contributed by atoms with Crippen LogP contribution in [0, 0.1) is 0 Å². The van der Waals surface area contributed by atoms with E-state index in [9.17, 15) is 9.90 Å². The molecule has 0 radical (unpaired) electrons. The first-order valence-electron chi connectivity index (χ1n) is 6.53. The normalized spacial score (nSPS) is 21.1. The summed E-state index contributed by atoms with van der Waals surface area (Å²) in [4.78, 5) is 14.1. The zero-order valence-corrected chi connectivity index (χ0v) is 12.1. The highest BCUT2D eigenvalue weighted by Crippen LogP contribution is 2.10. The molecule has 0 bridgehead atoms. The van der Waals surface area contributed by atoms with Gasteiger partial charge in [-0.3, -0.25) is 9.69 Å². The molecule has 0 saturated carbocycles. The van der Waals surface area contributed by atoms with Crippen LogP contribution in [0.25, 0.3) is 0 Å². The van der Waals surface area contributed by atoms with Crippen LogP contribution >= 0.6 is 11.8 Å². The molecule has 1 heterocycles. The molecular weight excluding hydrogens is 250 g/mol. The number of amides is 1. The van der Waals surface area contributed by atoms with Crippen molar-refractivity contribution in [3.8, 4) is 0 Å². The minimum absolute atomic E-state index is 0.00241. The van der Waals surface area contributed by atoms with Crippen LogP contribution in [0.4, 0.5) is 0 Å². The molecule has 0 spiro atoms. The van der Waals surface area contributed by atoms with E-state index in [1.165, 1.54) is 0 Å². The zero-order chi connectivity index (χ0) is 13.4. The van der Waals surface area contributed by atoms with E-state index in [1.54, 1.807) is 11.8 Å². The third-order valence-corrected chi connectivity index (χ3v) is 4.39. The minimum Gasteiger partial charge on any atom is -0.395 e. The predicted octanol–water partition coefficient (Wildman–Crippen LogP) is -0.490. The summed E-state index contributed by atoms with van der Waals surface area (Å²) < 4.78 is 0. The highest BCUT2D eigenvalue weighted by atomic mass is 32.2. The van der Waals surface area contributed by atoms with E-state index in [0.717, 1.165) is 32.6 Å². The number of rotatable bonds is 6. The number of hydrogen-bond acceptors (Lipinski definition) is 5. The highest BCUT2D eigenvalue weighted by molar-refractivity contribution is 7.99. The molecule has 106 valence electrons. The average molecular weight is 275 g/mol. The van der Waals surface area contributed by atoms with Gasteiger partial charge in [-0.1, -0.05) is 0 Å². The smallest absolute Gasteiger partial charge is 0.234 e. The van der Waals surface area contributed by atoms with Gasteiger partial charge in [0.05, 0.1) is 13.2 Å².